The molecule has 0 aliphatic carbocycles. The first-order valence-electron chi connectivity index (χ1n) is 9.44. The van der Waals surface area contributed by atoms with Gasteiger partial charge >= 0.3 is 17.9 Å². The van der Waals surface area contributed by atoms with Gasteiger partial charge in [-0.05, 0) is 41.5 Å². The van der Waals surface area contributed by atoms with Gasteiger partial charge in [-0.2, -0.15) is 0 Å². The Labute approximate surface area is 179 Å². The predicted octanol–water partition coefficient (Wildman–Crippen LogP) is 4.83. The van der Waals surface area contributed by atoms with Crippen LogP contribution in [0.5, 0.6) is 0 Å². The van der Waals surface area contributed by atoms with Crippen molar-refractivity contribution in [3.63, 3.8) is 0 Å². The molecule has 6 nitrogen and oxygen atoms in total. The van der Waals surface area contributed by atoms with Crippen molar-refractivity contribution >= 4 is 41.4 Å². The van der Waals surface area contributed by atoms with Gasteiger partial charge in [0.2, 0.25) is 0 Å². The highest BCUT2D eigenvalue weighted by Gasteiger charge is 2.35. The SMILES string of the molecule is CC(=O)OC(C)C.CC(=O)OC(C)C(C)OC(C)=O.CC1SC(C)(C)SC1C. The fourth-order valence-electron chi connectivity index (χ4n) is 2.16. The lowest BCUT2D eigenvalue weighted by Gasteiger charge is -2.18. The highest BCUT2D eigenvalue weighted by molar-refractivity contribution is 8.21. The van der Waals surface area contributed by atoms with E-state index in [1.54, 1.807) is 13.8 Å². The molecule has 166 valence electrons. The van der Waals surface area contributed by atoms with E-state index in [1.807, 2.05) is 13.8 Å². The molecule has 4 atom stereocenters. The maximum absolute atomic E-state index is 10.5. The molecule has 1 saturated heterocycles. The van der Waals surface area contributed by atoms with E-state index in [0.29, 0.717) is 4.08 Å². The monoisotopic (exact) mass is 438 g/mol. The van der Waals surface area contributed by atoms with E-state index >= 15 is 0 Å². The van der Waals surface area contributed by atoms with Crippen molar-refractivity contribution in [2.75, 3.05) is 0 Å². The third-order valence-electron chi connectivity index (χ3n) is 3.37. The van der Waals surface area contributed by atoms with E-state index in [4.69, 9.17) is 9.47 Å². The van der Waals surface area contributed by atoms with Crippen molar-refractivity contribution in [3.8, 4) is 0 Å². The second-order valence-electron chi connectivity index (χ2n) is 7.33. The van der Waals surface area contributed by atoms with Gasteiger partial charge in [-0.25, -0.2) is 0 Å². The Morgan fingerprint density at radius 3 is 1.11 bits per heavy atom. The van der Waals surface area contributed by atoms with E-state index in [2.05, 4.69) is 56.0 Å². The minimum Gasteiger partial charge on any atom is -0.463 e. The van der Waals surface area contributed by atoms with Crippen LogP contribution in [0, 0.1) is 0 Å². The zero-order valence-corrected chi connectivity index (χ0v) is 20.8. The van der Waals surface area contributed by atoms with E-state index in [-0.39, 0.29) is 24.0 Å². The first kappa shape index (κ1) is 29.3. The van der Waals surface area contributed by atoms with E-state index < -0.39 is 12.2 Å². The molecule has 0 aromatic carbocycles. The van der Waals surface area contributed by atoms with E-state index in [1.165, 1.54) is 20.8 Å². The molecule has 0 N–H and O–H groups in total. The van der Waals surface area contributed by atoms with Crippen molar-refractivity contribution in [1.82, 2.24) is 0 Å². The molecule has 1 fully saturated rings. The summed E-state index contributed by atoms with van der Waals surface area (Å²) in [6, 6.07) is 0. The maximum atomic E-state index is 10.5. The number of ether oxygens (including phenoxy) is 3. The number of hydrogen-bond acceptors (Lipinski definition) is 8. The fourth-order valence-corrected chi connectivity index (χ4v) is 5.80. The van der Waals surface area contributed by atoms with Gasteiger partial charge in [0.25, 0.3) is 0 Å². The van der Waals surface area contributed by atoms with Gasteiger partial charge in [-0.15, -0.1) is 23.5 Å². The number of carbonyl (C=O) groups is 3. The van der Waals surface area contributed by atoms with Gasteiger partial charge < -0.3 is 14.2 Å². The van der Waals surface area contributed by atoms with Crippen molar-refractivity contribution in [3.05, 3.63) is 0 Å². The van der Waals surface area contributed by atoms with Crippen LogP contribution in [0.1, 0.15) is 76.2 Å². The third-order valence-corrected chi connectivity index (χ3v) is 6.81. The van der Waals surface area contributed by atoms with Gasteiger partial charge in [0.1, 0.15) is 12.2 Å². The molecule has 1 aliphatic rings. The third kappa shape index (κ3) is 17.2. The zero-order valence-electron chi connectivity index (χ0n) is 19.2. The van der Waals surface area contributed by atoms with Crippen LogP contribution in [0.3, 0.4) is 0 Å². The summed E-state index contributed by atoms with van der Waals surface area (Å²) in [5.74, 6) is -0.960. The van der Waals surface area contributed by atoms with Crippen molar-refractivity contribution in [2.24, 2.45) is 0 Å². The first-order chi connectivity index (χ1) is 12.6. The molecular formula is C20H38O6S2. The van der Waals surface area contributed by atoms with Gasteiger partial charge in [0.05, 0.1) is 10.2 Å². The van der Waals surface area contributed by atoms with Crippen molar-refractivity contribution in [2.45, 2.75) is 109 Å². The molecule has 0 bridgehead atoms. The topological polar surface area (TPSA) is 78.9 Å². The summed E-state index contributed by atoms with van der Waals surface area (Å²) in [4.78, 5) is 31.0. The molecule has 8 heteroatoms. The molecule has 4 unspecified atom stereocenters. The average Bonchev–Trinajstić information content (AvgIpc) is 2.68. The fraction of sp³-hybridized carbons (Fsp3) is 0.850. The van der Waals surface area contributed by atoms with Gasteiger partial charge in [0, 0.05) is 31.3 Å². The van der Waals surface area contributed by atoms with Crippen molar-refractivity contribution < 1.29 is 28.6 Å². The van der Waals surface area contributed by atoms with E-state index in [0.717, 1.165) is 10.5 Å². The van der Waals surface area contributed by atoms with Crippen LogP contribution in [0.15, 0.2) is 0 Å². The van der Waals surface area contributed by atoms with E-state index in [9.17, 15) is 14.4 Å². The Hall–Kier alpha value is -0.890. The predicted molar refractivity (Wildman–Crippen MR) is 118 cm³/mol. The van der Waals surface area contributed by atoms with Crippen LogP contribution in [-0.2, 0) is 28.6 Å². The largest absolute Gasteiger partial charge is 0.463 e. The highest BCUT2D eigenvalue weighted by atomic mass is 32.2. The minimum absolute atomic E-state index is 0.0255. The second-order valence-corrected chi connectivity index (χ2v) is 11.6. The zero-order chi connectivity index (χ0) is 22.7. The van der Waals surface area contributed by atoms with Crippen LogP contribution < -0.4 is 0 Å². The summed E-state index contributed by atoms with van der Waals surface area (Å²) in [5, 5.41) is 1.68. The number of rotatable bonds is 4. The molecule has 1 aliphatic heterocycles. The highest BCUT2D eigenvalue weighted by Crippen LogP contribution is 2.51. The first-order valence-corrected chi connectivity index (χ1v) is 11.2. The number of carbonyl (C=O) groups excluding carboxylic acids is 3. The molecule has 28 heavy (non-hydrogen) atoms. The standard InChI is InChI=1S/C8H14O4.C7H14S2.C5H10O2/c1-5(11-7(3)9)6(2)12-8(4)10;1-5-6(2)9-7(3,4)8-5;1-4(2)7-5(3)6/h5-6H,1-4H3;5-6H,1-4H3;4H,1-3H3. The molecular weight excluding hydrogens is 400 g/mol. The number of esters is 3. The Bertz CT molecular complexity index is 461. The number of hydrogen-bond donors (Lipinski definition) is 0. The second kappa shape index (κ2) is 14.1. The minimum atomic E-state index is -0.397. The number of thioether (sulfide) groups is 2. The summed E-state index contributed by atoms with van der Waals surface area (Å²) < 4.78 is 14.7. The summed E-state index contributed by atoms with van der Waals surface area (Å²) in [6.07, 6.45) is -0.768. The summed E-state index contributed by atoms with van der Waals surface area (Å²) in [5.41, 5.74) is 0. The maximum Gasteiger partial charge on any atom is 0.303 e. The van der Waals surface area contributed by atoms with Crippen LogP contribution >= 0.6 is 23.5 Å². The lowest BCUT2D eigenvalue weighted by Crippen LogP contribution is -2.29. The molecule has 0 radical (unpaired) electrons. The van der Waals surface area contributed by atoms with Crippen LogP contribution in [-0.4, -0.2) is 50.8 Å². The normalized spacial score (nSPS) is 21.9. The molecule has 1 heterocycles. The quantitative estimate of drug-likeness (QED) is 0.456. The van der Waals surface area contributed by atoms with Gasteiger partial charge in [-0.3, -0.25) is 14.4 Å². The summed E-state index contributed by atoms with van der Waals surface area (Å²) >= 11 is 4.19. The average molecular weight is 439 g/mol. The van der Waals surface area contributed by atoms with Crippen LogP contribution in [0.4, 0.5) is 0 Å². The van der Waals surface area contributed by atoms with Gasteiger partial charge in [0.15, 0.2) is 0 Å². The molecule has 0 aromatic rings. The Kier molecular flexibility index (Phi) is 14.8. The van der Waals surface area contributed by atoms with Crippen LogP contribution in [0.2, 0.25) is 0 Å². The lowest BCUT2D eigenvalue weighted by molar-refractivity contribution is -0.162. The Morgan fingerprint density at radius 2 is 1.00 bits per heavy atom. The molecule has 0 amide bonds. The smallest absolute Gasteiger partial charge is 0.303 e. The summed E-state index contributed by atoms with van der Waals surface area (Å²) in [7, 11) is 0. The van der Waals surface area contributed by atoms with Crippen LogP contribution in [0.25, 0.3) is 0 Å². The summed E-state index contributed by atoms with van der Waals surface area (Å²) in [6.45, 7) is 20.3. The molecule has 0 saturated carbocycles. The molecule has 1 rings (SSSR count). The molecule has 0 spiro atoms. The Morgan fingerprint density at radius 1 is 0.714 bits per heavy atom. The van der Waals surface area contributed by atoms with Crippen molar-refractivity contribution in [1.29, 1.82) is 0 Å². The Balaban J connectivity index is 0. The van der Waals surface area contributed by atoms with Gasteiger partial charge in [-0.1, -0.05) is 13.8 Å². The lowest BCUT2D eigenvalue weighted by atomic mass is 10.2. The molecule has 0 aromatic heterocycles.